The molecule has 3 aromatic carbocycles. The SMILES string of the molecule is CC1(c2ccccc2)NC(=O)c2ccccc2N1Cc1ccccc1Cl. The summed E-state index contributed by atoms with van der Waals surface area (Å²) >= 11 is 6.42. The summed E-state index contributed by atoms with van der Waals surface area (Å²) in [5, 5.41) is 3.92. The Hall–Kier alpha value is -2.78. The van der Waals surface area contributed by atoms with E-state index in [4.69, 9.17) is 11.6 Å². The Labute approximate surface area is 158 Å². The summed E-state index contributed by atoms with van der Waals surface area (Å²) in [5.41, 5.74) is 2.94. The summed E-state index contributed by atoms with van der Waals surface area (Å²) in [6.07, 6.45) is 0. The second-order valence-electron chi connectivity index (χ2n) is 6.59. The zero-order valence-electron chi connectivity index (χ0n) is 14.4. The number of nitrogens with zero attached hydrogens (tertiary/aromatic N) is 1. The number of anilines is 1. The monoisotopic (exact) mass is 362 g/mol. The van der Waals surface area contributed by atoms with Gasteiger partial charge in [-0.2, -0.15) is 0 Å². The molecule has 0 radical (unpaired) electrons. The molecular weight excluding hydrogens is 344 g/mol. The van der Waals surface area contributed by atoms with Crippen molar-refractivity contribution >= 4 is 23.2 Å². The van der Waals surface area contributed by atoms with Crippen molar-refractivity contribution in [1.82, 2.24) is 5.32 Å². The minimum atomic E-state index is -0.675. The summed E-state index contributed by atoms with van der Waals surface area (Å²) in [6.45, 7) is 2.62. The van der Waals surface area contributed by atoms with Gasteiger partial charge in [0.15, 0.2) is 0 Å². The number of hydrogen-bond acceptors (Lipinski definition) is 2. The van der Waals surface area contributed by atoms with Gasteiger partial charge in [0.2, 0.25) is 0 Å². The van der Waals surface area contributed by atoms with Gasteiger partial charge in [0.05, 0.1) is 11.3 Å². The van der Waals surface area contributed by atoms with Crippen molar-refractivity contribution in [1.29, 1.82) is 0 Å². The fourth-order valence-corrected chi connectivity index (χ4v) is 3.72. The summed E-state index contributed by atoms with van der Waals surface area (Å²) in [4.78, 5) is 15.0. The van der Waals surface area contributed by atoms with Crippen molar-refractivity contribution < 1.29 is 4.79 Å². The van der Waals surface area contributed by atoms with Gasteiger partial charge in [-0.15, -0.1) is 0 Å². The van der Waals surface area contributed by atoms with Crippen LogP contribution in [0, 0.1) is 0 Å². The van der Waals surface area contributed by atoms with Crippen molar-refractivity contribution in [2.24, 2.45) is 0 Å². The smallest absolute Gasteiger partial charge is 0.255 e. The van der Waals surface area contributed by atoms with E-state index in [0.717, 1.165) is 21.8 Å². The van der Waals surface area contributed by atoms with Gasteiger partial charge in [0.25, 0.3) is 5.91 Å². The van der Waals surface area contributed by atoms with E-state index in [1.165, 1.54) is 0 Å². The maximum Gasteiger partial charge on any atom is 0.255 e. The highest BCUT2D eigenvalue weighted by molar-refractivity contribution is 6.31. The van der Waals surface area contributed by atoms with Crippen LogP contribution in [0.3, 0.4) is 0 Å². The molecule has 4 rings (SSSR count). The number of benzene rings is 3. The van der Waals surface area contributed by atoms with Gasteiger partial charge < -0.3 is 10.2 Å². The van der Waals surface area contributed by atoms with Crippen LogP contribution < -0.4 is 10.2 Å². The van der Waals surface area contributed by atoms with Gasteiger partial charge in [-0.25, -0.2) is 0 Å². The molecule has 1 aliphatic rings. The van der Waals surface area contributed by atoms with E-state index in [9.17, 15) is 4.79 Å². The van der Waals surface area contributed by atoms with E-state index in [1.807, 2.05) is 85.8 Å². The fraction of sp³-hybridized carbons (Fsp3) is 0.136. The summed E-state index contributed by atoms with van der Waals surface area (Å²) in [5.74, 6) is -0.0673. The van der Waals surface area contributed by atoms with E-state index in [-0.39, 0.29) is 5.91 Å². The zero-order valence-corrected chi connectivity index (χ0v) is 15.2. The van der Waals surface area contributed by atoms with Gasteiger partial charge in [-0.3, -0.25) is 4.79 Å². The van der Waals surface area contributed by atoms with Gasteiger partial charge in [-0.05, 0) is 36.2 Å². The number of carbonyl (C=O) groups excluding carboxylic acids is 1. The molecule has 0 spiro atoms. The lowest BCUT2D eigenvalue weighted by molar-refractivity contribution is 0.0886. The zero-order chi connectivity index (χ0) is 18.1. The van der Waals surface area contributed by atoms with E-state index in [2.05, 4.69) is 10.2 Å². The minimum Gasteiger partial charge on any atom is -0.340 e. The Morgan fingerprint density at radius 2 is 1.58 bits per heavy atom. The third kappa shape index (κ3) is 2.74. The lowest BCUT2D eigenvalue weighted by Crippen LogP contribution is -2.59. The first-order valence-electron chi connectivity index (χ1n) is 8.58. The molecule has 0 bridgehead atoms. The molecule has 3 aromatic rings. The normalized spacial score (nSPS) is 19.0. The van der Waals surface area contributed by atoms with Crippen LogP contribution in [0.4, 0.5) is 5.69 Å². The molecule has 1 unspecified atom stereocenters. The van der Waals surface area contributed by atoms with E-state index < -0.39 is 5.66 Å². The Morgan fingerprint density at radius 3 is 2.35 bits per heavy atom. The lowest BCUT2D eigenvalue weighted by Gasteiger charge is -2.47. The Balaban J connectivity index is 1.88. The van der Waals surface area contributed by atoms with Crippen molar-refractivity contribution in [3.8, 4) is 0 Å². The molecule has 1 amide bonds. The van der Waals surface area contributed by atoms with Gasteiger partial charge in [0.1, 0.15) is 5.66 Å². The molecule has 26 heavy (non-hydrogen) atoms. The number of hydrogen-bond donors (Lipinski definition) is 1. The first-order valence-corrected chi connectivity index (χ1v) is 8.95. The van der Waals surface area contributed by atoms with Gasteiger partial charge in [0, 0.05) is 11.6 Å². The van der Waals surface area contributed by atoms with Crippen LogP contribution in [0.2, 0.25) is 5.02 Å². The number of amides is 1. The van der Waals surface area contributed by atoms with Crippen molar-refractivity contribution in [3.05, 3.63) is 101 Å². The predicted octanol–water partition coefficient (Wildman–Crippen LogP) is 4.96. The third-order valence-electron chi connectivity index (χ3n) is 4.96. The van der Waals surface area contributed by atoms with Crippen LogP contribution in [0.1, 0.15) is 28.4 Å². The molecule has 0 saturated carbocycles. The average molecular weight is 363 g/mol. The van der Waals surface area contributed by atoms with Crippen LogP contribution in [0.5, 0.6) is 0 Å². The number of para-hydroxylation sites is 1. The van der Waals surface area contributed by atoms with E-state index >= 15 is 0 Å². The largest absolute Gasteiger partial charge is 0.340 e. The standard InChI is InChI=1S/C22H19ClN2O/c1-22(17-10-3-2-4-11-17)24-21(26)18-12-6-8-14-20(18)25(22)15-16-9-5-7-13-19(16)23/h2-14H,15H2,1H3,(H,24,26). The molecule has 4 heteroatoms. The molecule has 130 valence electrons. The molecule has 1 atom stereocenters. The summed E-state index contributed by atoms with van der Waals surface area (Å²) in [7, 11) is 0. The highest BCUT2D eigenvalue weighted by Crippen LogP contribution is 2.39. The molecule has 0 aliphatic carbocycles. The Morgan fingerprint density at radius 1 is 0.923 bits per heavy atom. The van der Waals surface area contributed by atoms with Crippen LogP contribution in [-0.4, -0.2) is 5.91 Å². The minimum absolute atomic E-state index is 0.0673. The molecule has 3 nitrogen and oxygen atoms in total. The average Bonchev–Trinajstić information content (AvgIpc) is 2.67. The van der Waals surface area contributed by atoms with Crippen LogP contribution in [0.25, 0.3) is 0 Å². The van der Waals surface area contributed by atoms with Crippen molar-refractivity contribution in [3.63, 3.8) is 0 Å². The molecule has 0 saturated heterocycles. The lowest BCUT2D eigenvalue weighted by atomic mass is 9.93. The van der Waals surface area contributed by atoms with Crippen LogP contribution in [0.15, 0.2) is 78.9 Å². The highest BCUT2D eigenvalue weighted by atomic mass is 35.5. The fourth-order valence-electron chi connectivity index (χ4n) is 3.53. The first kappa shape index (κ1) is 16.7. The molecular formula is C22H19ClN2O. The Bertz CT molecular complexity index is 957. The highest BCUT2D eigenvalue weighted by Gasteiger charge is 2.41. The first-order chi connectivity index (χ1) is 12.6. The Kier molecular flexibility index (Phi) is 4.17. The maximum atomic E-state index is 12.8. The number of carbonyl (C=O) groups is 1. The maximum absolute atomic E-state index is 12.8. The summed E-state index contributed by atoms with van der Waals surface area (Å²) in [6, 6.07) is 25.5. The van der Waals surface area contributed by atoms with Gasteiger partial charge >= 0.3 is 0 Å². The second kappa shape index (κ2) is 6.50. The van der Waals surface area contributed by atoms with Crippen molar-refractivity contribution in [2.75, 3.05) is 4.90 Å². The quantitative estimate of drug-likeness (QED) is 0.714. The second-order valence-corrected chi connectivity index (χ2v) is 6.99. The summed E-state index contributed by atoms with van der Waals surface area (Å²) < 4.78 is 0. The van der Waals surface area contributed by atoms with E-state index in [1.54, 1.807) is 0 Å². The van der Waals surface area contributed by atoms with Crippen molar-refractivity contribution in [2.45, 2.75) is 19.1 Å². The number of fused-ring (bicyclic) bond motifs is 1. The number of nitrogens with one attached hydrogen (secondary N) is 1. The molecule has 0 fully saturated rings. The number of halogens is 1. The molecule has 1 aliphatic heterocycles. The third-order valence-corrected chi connectivity index (χ3v) is 5.33. The van der Waals surface area contributed by atoms with Crippen LogP contribution in [-0.2, 0) is 12.2 Å². The van der Waals surface area contributed by atoms with Crippen LogP contribution >= 0.6 is 11.6 Å². The predicted molar refractivity (Wildman–Crippen MR) is 105 cm³/mol. The molecule has 0 aromatic heterocycles. The molecule has 1 heterocycles. The molecule has 1 N–H and O–H groups in total. The van der Waals surface area contributed by atoms with Gasteiger partial charge in [-0.1, -0.05) is 72.3 Å². The topological polar surface area (TPSA) is 32.3 Å². The van der Waals surface area contributed by atoms with E-state index in [0.29, 0.717) is 12.1 Å². The number of rotatable bonds is 3.